The molecule has 28 heavy (non-hydrogen) atoms. The topological polar surface area (TPSA) is 57.8 Å². The second-order valence-electron chi connectivity index (χ2n) is 6.72. The summed E-state index contributed by atoms with van der Waals surface area (Å²) in [5, 5.41) is 8.85. The zero-order chi connectivity index (χ0) is 19.5. The van der Waals surface area contributed by atoms with Gasteiger partial charge in [0, 0.05) is 6.42 Å². The highest BCUT2D eigenvalue weighted by molar-refractivity contribution is 6.03. The molecule has 0 saturated carbocycles. The molecular formula is C22H20FN3O2. The number of carbonyl (C=O) groups excluding carboxylic acids is 1. The van der Waals surface area contributed by atoms with Gasteiger partial charge in [0.15, 0.2) is 0 Å². The van der Waals surface area contributed by atoms with Gasteiger partial charge < -0.3 is 9.73 Å². The van der Waals surface area contributed by atoms with Crippen molar-refractivity contribution in [3.05, 3.63) is 89.6 Å². The number of anilines is 1. The third-order valence-corrected chi connectivity index (χ3v) is 4.73. The maximum absolute atomic E-state index is 13.8. The third-order valence-electron chi connectivity index (χ3n) is 4.73. The standard InChI is InChI=1S/C22H20FN3O2/c1-15-8-10-16(11-9-15)19-13-20(21-7-4-12-28-21)26(25-19)22(27)14-24-18-6-3-2-5-17(18)23/h2-12,20,24H,13-14H2,1H3/t20-/m0/s1. The lowest BCUT2D eigenvalue weighted by molar-refractivity contribution is -0.131. The Morgan fingerprint density at radius 3 is 2.68 bits per heavy atom. The zero-order valence-electron chi connectivity index (χ0n) is 15.4. The molecule has 4 rings (SSSR count). The second kappa shape index (κ2) is 7.68. The molecule has 0 fully saturated rings. The first-order chi connectivity index (χ1) is 13.6. The van der Waals surface area contributed by atoms with E-state index in [1.54, 1.807) is 30.5 Å². The van der Waals surface area contributed by atoms with Gasteiger partial charge in [-0.1, -0.05) is 42.0 Å². The van der Waals surface area contributed by atoms with Gasteiger partial charge in [-0.05, 0) is 36.8 Å². The number of para-hydroxylation sites is 1. The van der Waals surface area contributed by atoms with Crippen molar-refractivity contribution in [3.8, 4) is 0 Å². The lowest BCUT2D eigenvalue weighted by Gasteiger charge is -2.20. The van der Waals surface area contributed by atoms with Crippen LogP contribution in [0.4, 0.5) is 10.1 Å². The summed E-state index contributed by atoms with van der Waals surface area (Å²) in [7, 11) is 0. The molecule has 6 heteroatoms. The molecule has 0 radical (unpaired) electrons. The van der Waals surface area contributed by atoms with Gasteiger partial charge in [0.1, 0.15) is 17.6 Å². The summed E-state index contributed by atoms with van der Waals surface area (Å²) in [5.41, 5.74) is 3.24. The van der Waals surface area contributed by atoms with E-state index in [9.17, 15) is 9.18 Å². The number of benzene rings is 2. The maximum atomic E-state index is 13.8. The van der Waals surface area contributed by atoms with Crippen molar-refractivity contribution < 1.29 is 13.6 Å². The highest BCUT2D eigenvalue weighted by atomic mass is 19.1. The number of amides is 1. The predicted molar refractivity (Wildman–Crippen MR) is 106 cm³/mol. The highest BCUT2D eigenvalue weighted by Crippen LogP contribution is 2.33. The van der Waals surface area contributed by atoms with Crippen molar-refractivity contribution in [2.45, 2.75) is 19.4 Å². The van der Waals surface area contributed by atoms with Crippen LogP contribution in [0.5, 0.6) is 0 Å². The lowest BCUT2D eigenvalue weighted by atomic mass is 10.0. The van der Waals surface area contributed by atoms with Crippen molar-refractivity contribution in [2.24, 2.45) is 5.10 Å². The van der Waals surface area contributed by atoms with E-state index in [1.165, 1.54) is 11.1 Å². The van der Waals surface area contributed by atoms with Crippen LogP contribution >= 0.6 is 0 Å². The van der Waals surface area contributed by atoms with E-state index in [0.29, 0.717) is 12.2 Å². The fraction of sp³-hybridized carbons (Fsp3) is 0.182. The highest BCUT2D eigenvalue weighted by Gasteiger charge is 2.34. The minimum atomic E-state index is -0.400. The molecule has 2 aromatic carbocycles. The summed E-state index contributed by atoms with van der Waals surface area (Å²) < 4.78 is 19.3. The first-order valence-electron chi connectivity index (χ1n) is 9.10. The molecular weight excluding hydrogens is 357 g/mol. The fourth-order valence-corrected chi connectivity index (χ4v) is 3.22. The smallest absolute Gasteiger partial charge is 0.262 e. The minimum absolute atomic E-state index is 0.0666. The van der Waals surface area contributed by atoms with Gasteiger partial charge in [0.05, 0.1) is 24.2 Å². The Morgan fingerprint density at radius 1 is 1.18 bits per heavy atom. The molecule has 0 aliphatic carbocycles. The van der Waals surface area contributed by atoms with Gasteiger partial charge >= 0.3 is 0 Å². The van der Waals surface area contributed by atoms with Crippen molar-refractivity contribution in [1.82, 2.24) is 5.01 Å². The van der Waals surface area contributed by atoms with E-state index in [1.807, 2.05) is 37.3 Å². The zero-order valence-corrected chi connectivity index (χ0v) is 15.4. The van der Waals surface area contributed by atoms with Crippen molar-refractivity contribution in [2.75, 3.05) is 11.9 Å². The van der Waals surface area contributed by atoms with Crippen LogP contribution < -0.4 is 5.32 Å². The number of rotatable bonds is 5. The summed E-state index contributed by atoms with van der Waals surface area (Å²) >= 11 is 0. The largest absolute Gasteiger partial charge is 0.467 e. The average Bonchev–Trinajstić information content (AvgIpc) is 3.37. The Balaban J connectivity index is 1.56. The number of hydrogen-bond donors (Lipinski definition) is 1. The van der Waals surface area contributed by atoms with Crippen molar-refractivity contribution in [1.29, 1.82) is 0 Å². The molecule has 1 aliphatic heterocycles. The number of halogens is 1. The quantitative estimate of drug-likeness (QED) is 0.711. The lowest BCUT2D eigenvalue weighted by Crippen LogP contribution is -2.32. The summed E-state index contributed by atoms with van der Waals surface area (Å²) in [4.78, 5) is 12.9. The van der Waals surface area contributed by atoms with Gasteiger partial charge in [0.25, 0.3) is 5.91 Å². The van der Waals surface area contributed by atoms with E-state index in [2.05, 4.69) is 10.4 Å². The van der Waals surface area contributed by atoms with Crippen LogP contribution in [0.1, 0.15) is 29.3 Å². The predicted octanol–water partition coefficient (Wildman–Crippen LogP) is 4.52. The van der Waals surface area contributed by atoms with Crippen LogP contribution in [-0.2, 0) is 4.79 Å². The number of aryl methyl sites for hydroxylation is 1. The number of furan rings is 1. The minimum Gasteiger partial charge on any atom is -0.467 e. The van der Waals surface area contributed by atoms with Crippen LogP contribution in [0.2, 0.25) is 0 Å². The van der Waals surface area contributed by atoms with Crippen LogP contribution in [0, 0.1) is 12.7 Å². The fourth-order valence-electron chi connectivity index (χ4n) is 3.22. The van der Waals surface area contributed by atoms with E-state index in [-0.39, 0.29) is 24.2 Å². The Kier molecular flexibility index (Phi) is 4.93. The molecule has 0 spiro atoms. The molecule has 0 bridgehead atoms. The second-order valence-corrected chi connectivity index (χ2v) is 6.72. The maximum Gasteiger partial charge on any atom is 0.262 e. The van der Waals surface area contributed by atoms with Gasteiger partial charge in [-0.25, -0.2) is 9.40 Å². The summed E-state index contributed by atoms with van der Waals surface area (Å²) in [6, 6.07) is 17.6. The normalized spacial score (nSPS) is 16.1. The van der Waals surface area contributed by atoms with Crippen LogP contribution in [0.3, 0.4) is 0 Å². The molecule has 5 nitrogen and oxygen atoms in total. The van der Waals surface area contributed by atoms with Crippen molar-refractivity contribution >= 4 is 17.3 Å². The van der Waals surface area contributed by atoms with E-state index < -0.39 is 5.82 Å². The number of nitrogens with zero attached hydrogens (tertiary/aromatic N) is 2. The molecule has 0 unspecified atom stereocenters. The number of hydrazone groups is 1. The SMILES string of the molecule is Cc1ccc(C2=NN(C(=O)CNc3ccccc3F)[C@H](c3ccco3)C2)cc1. The molecule has 1 atom stereocenters. The summed E-state index contributed by atoms with van der Waals surface area (Å²) in [5.74, 6) is 0.0139. The van der Waals surface area contributed by atoms with E-state index in [4.69, 9.17) is 4.42 Å². The molecule has 0 saturated heterocycles. The van der Waals surface area contributed by atoms with Crippen LogP contribution in [0.15, 0.2) is 76.4 Å². The molecule has 3 aromatic rings. The monoisotopic (exact) mass is 377 g/mol. The van der Waals surface area contributed by atoms with Gasteiger partial charge in [-0.2, -0.15) is 5.10 Å². The molecule has 1 aromatic heterocycles. The molecule has 1 aliphatic rings. The Labute approximate surface area is 162 Å². The average molecular weight is 377 g/mol. The first kappa shape index (κ1) is 18.0. The number of nitrogens with one attached hydrogen (secondary N) is 1. The summed E-state index contributed by atoms with van der Waals surface area (Å²) in [6.45, 7) is 1.96. The van der Waals surface area contributed by atoms with Crippen LogP contribution in [0.25, 0.3) is 0 Å². The Bertz CT molecular complexity index is 997. The molecule has 142 valence electrons. The van der Waals surface area contributed by atoms with Gasteiger partial charge in [0.2, 0.25) is 0 Å². The Morgan fingerprint density at radius 2 is 1.96 bits per heavy atom. The van der Waals surface area contributed by atoms with Gasteiger partial charge in [-0.3, -0.25) is 4.79 Å². The number of hydrogen-bond acceptors (Lipinski definition) is 4. The summed E-state index contributed by atoms with van der Waals surface area (Å²) in [6.07, 6.45) is 2.14. The molecule has 1 N–H and O–H groups in total. The van der Waals surface area contributed by atoms with Crippen LogP contribution in [-0.4, -0.2) is 23.2 Å². The molecule has 1 amide bonds. The van der Waals surface area contributed by atoms with E-state index in [0.717, 1.165) is 16.8 Å². The van der Waals surface area contributed by atoms with Gasteiger partial charge in [-0.15, -0.1) is 0 Å². The van der Waals surface area contributed by atoms with Crippen molar-refractivity contribution in [3.63, 3.8) is 0 Å². The third kappa shape index (κ3) is 3.67. The van der Waals surface area contributed by atoms with E-state index >= 15 is 0 Å². The first-order valence-corrected chi connectivity index (χ1v) is 9.10. The Hall–Kier alpha value is -3.41. The number of carbonyl (C=O) groups is 1. The molecule has 2 heterocycles.